The van der Waals surface area contributed by atoms with Crippen molar-refractivity contribution in [3.05, 3.63) is 76.6 Å². The normalized spacial score (nSPS) is 10.5. The number of carbonyl (C=O) groups is 2. The zero-order valence-corrected chi connectivity index (χ0v) is 12.1. The molecule has 0 aliphatic heterocycles. The van der Waals surface area contributed by atoms with Gasteiger partial charge in [0.25, 0.3) is 11.8 Å². The summed E-state index contributed by atoms with van der Waals surface area (Å²) in [6.45, 7) is 0. The van der Waals surface area contributed by atoms with Crippen molar-refractivity contribution in [2.75, 3.05) is 0 Å². The van der Waals surface area contributed by atoms with Crippen molar-refractivity contribution in [1.82, 2.24) is 10.9 Å². The standard InChI is InChI=1S/C16H12ClFN2O2/c17-13-10-11(6-8-14(13)18)7-9-15(21)19-20-16(22)12-4-2-1-3-5-12/h1-10H,(H,19,21)(H,20,22)/b9-7+. The Kier molecular flexibility index (Phi) is 5.27. The Balaban J connectivity index is 1.89. The van der Waals surface area contributed by atoms with E-state index in [1.165, 1.54) is 30.4 Å². The molecule has 0 spiro atoms. The largest absolute Gasteiger partial charge is 0.269 e. The monoisotopic (exact) mass is 318 g/mol. The summed E-state index contributed by atoms with van der Waals surface area (Å²) in [6, 6.07) is 12.5. The van der Waals surface area contributed by atoms with Gasteiger partial charge in [0.05, 0.1) is 5.02 Å². The quantitative estimate of drug-likeness (QED) is 0.675. The summed E-state index contributed by atoms with van der Waals surface area (Å²) in [6.07, 6.45) is 2.66. The molecule has 2 N–H and O–H groups in total. The molecule has 0 saturated carbocycles. The zero-order chi connectivity index (χ0) is 15.9. The first-order chi connectivity index (χ1) is 10.6. The molecule has 2 aromatic carbocycles. The van der Waals surface area contributed by atoms with Crippen LogP contribution in [-0.4, -0.2) is 11.8 Å². The van der Waals surface area contributed by atoms with Crippen LogP contribution in [0.2, 0.25) is 5.02 Å². The Labute approximate surface area is 131 Å². The molecule has 6 heteroatoms. The predicted octanol–water partition coefficient (Wildman–Crippen LogP) is 2.95. The molecule has 0 radical (unpaired) electrons. The highest BCUT2D eigenvalue weighted by molar-refractivity contribution is 6.30. The van der Waals surface area contributed by atoms with Crippen LogP contribution in [0.3, 0.4) is 0 Å². The highest BCUT2D eigenvalue weighted by Gasteiger charge is 2.04. The third-order valence-corrected chi connectivity index (χ3v) is 3.00. The second-order valence-electron chi connectivity index (χ2n) is 4.32. The third-order valence-electron chi connectivity index (χ3n) is 2.71. The molecule has 112 valence electrons. The minimum atomic E-state index is -0.529. The summed E-state index contributed by atoms with van der Waals surface area (Å²) in [5, 5.41) is -0.0278. The fourth-order valence-corrected chi connectivity index (χ4v) is 1.80. The second kappa shape index (κ2) is 7.38. The lowest BCUT2D eigenvalue weighted by Gasteiger charge is -2.04. The van der Waals surface area contributed by atoms with Gasteiger partial charge >= 0.3 is 0 Å². The van der Waals surface area contributed by atoms with E-state index in [0.29, 0.717) is 11.1 Å². The maximum Gasteiger partial charge on any atom is 0.269 e. The minimum Gasteiger partial charge on any atom is -0.268 e. The van der Waals surface area contributed by atoms with Gasteiger partial charge in [-0.1, -0.05) is 35.9 Å². The van der Waals surface area contributed by atoms with Crippen LogP contribution in [0.4, 0.5) is 4.39 Å². The summed E-state index contributed by atoms with van der Waals surface area (Å²) < 4.78 is 13.0. The molecule has 0 unspecified atom stereocenters. The molecule has 2 aromatic rings. The lowest BCUT2D eigenvalue weighted by atomic mass is 10.2. The van der Waals surface area contributed by atoms with Crippen molar-refractivity contribution in [3.63, 3.8) is 0 Å². The SMILES string of the molecule is O=C(/C=C/c1ccc(F)c(Cl)c1)NNC(=O)c1ccccc1. The maximum atomic E-state index is 13.0. The van der Waals surface area contributed by atoms with Crippen LogP contribution in [0.25, 0.3) is 6.08 Å². The molecule has 22 heavy (non-hydrogen) atoms. The number of benzene rings is 2. The molecule has 0 fully saturated rings. The Morgan fingerprint density at radius 1 is 1.05 bits per heavy atom. The Bertz CT molecular complexity index is 717. The van der Waals surface area contributed by atoms with Crippen LogP contribution < -0.4 is 10.9 Å². The van der Waals surface area contributed by atoms with Crippen LogP contribution >= 0.6 is 11.6 Å². The fraction of sp³-hybridized carbons (Fsp3) is 0. The average molecular weight is 319 g/mol. The van der Waals surface area contributed by atoms with Gasteiger partial charge in [-0.3, -0.25) is 20.4 Å². The van der Waals surface area contributed by atoms with Crippen LogP contribution in [-0.2, 0) is 4.79 Å². The lowest BCUT2D eigenvalue weighted by Crippen LogP contribution is -2.40. The molecule has 0 aromatic heterocycles. The Morgan fingerprint density at radius 3 is 2.45 bits per heavy atom. The number of hydrogen-bond donors (Lipinski definition) is 2. The first-order valence-corrected chi connectivity index (χ1v) is 6.72. The predicted molar refractivity (Wildman–Crippen MR) is 82.5 cm³/mol. The van der Waals surface area contributed by atoms with E-state index in [4.69, 9.17) is 11.6 Å². The van der Waals surface area contributed by atoms with E-state index in [1.807, 2.05) is 0 Å². The van der Waals surface area contributed by atoms with Crippen molar-refractivity contribution in [2.24, 2.45) is 0 Å². The van der Waals surface area contributed by atoms with Gasteiger partial charge in [-0.05, 0) is 35.9 Å². The number of hydrogen-bond acceptors (Lipinski definition) is 2. The molecule has 0 heterocycles. The van der Waals surface area contributed by atoms with Gasteiger partial charge in [0.1, 0.15) is 5.82 Å². The van der Waals surface area contributed by atoms with Gasteiger partial charge in [0, 0.05) is 11.6 Å². The van der Waals surface area contributed by atoms with Crippen LogP contribution in [0.15, 0.2) is 54.6 Å². The van der Waals surface area contributed by atoms with Crippen LogP contribution in [0, 0.1) is 5.82 Å². The molecule has 4 nitrogen and oxygen atoms in total. The molecular formula is C16H12ClFN2O2. The second-order valence-corrected chi connectivity index (χ2v) is 4.72. The van der Waals surface area contributed by atoms with E-state index < -0.39 is 17.6 Å². The molecule has 0 aliphatic rings. The minimum absolute atomic E-state index is 0.0278. The Hall–Kier alpha value is -2.66. The summed E-state index contributed by atoms with van der Waals surface area (Å²) >= 11 is 5.63. The van der Waals surface area contributed by atoms with E-state index in [9.17, 15) is 14.0 Å². The number of rotatable bonds is 3. The van der Waals surface area contributed by atoms with E-state index in [0.717, 1.165) is 0 Å². The van der Waals surface area contributed by atoms with Gasteiger partial charge in [-0.2, -0.15) is 0 Å². The molecule has 0 atom stereocenters. The van der Waals surface area contributed by atoms with Gasteiger partial charge in [0.15, 0.2) is 0 Å². The number of carbonyl (C=O) groups excluding carboxylic acids is 2. The van der Waals surface area contributed by atoms with E-state index in [-0.39, 0.29) is 5.02 Å². The van der Waals surface area contributed by atoms with Crippen molar-refractivity contribution in [2.45, 2.75) is 0 Å². The molecule has 0 saturated heterocycles. The molecule has 2 amide bonds. The van der Waals surface area contributed by atoms with Gasteiger partial charge < -0.3 is 0 Å². The highest BCUT2D eigenvalue weighted by Crippen LogP contribution is 2.16. The molecular weight excluding hydrogens is 307 g/mol. The summed E-state index contributed by atoms with van der Waals surface area (Å²) in [4.78, 5) is 23.3. The molecule has 2 rings (SSSR count). The van der Waals surface area contributed by atoms with Crippen molar-refractivity contribution < 1.29 is 14.0 Å². The van der Waals surface area contributed by atoms with Crippen LogP contribution in [0.5, 0.6) is 0 Å². The first-order valence-electron chi connectivity index (χ1n) is 6.35. The lowest BCUT2D eigenvalue weighted by molar-refractivity contribution is -0.117. The van der Waals surface area contributed by atoms with Crippen molar-refractivity contribution in [1.29, 1.82) is 0 Å². The van der Waals surface area contributed by atoms with E-state index >= 15 is 0 Å². The van der Waals surface area contributed by atoms with Gasteiger partial charge in [-0.25, -0.2) is 4.39 Å². The number of halogens is 2. The number of hydrazine groups is 1. The van der Waals surface area contributed by atoms with Gasteiger partial charge in [-0.15, -0.1) is 0 Å². The average Bonchev–Trinajstić information content (AvgIpc) is 2.54. The smallest absolute Gasteiger partial charge is 0.268 e. The molecule has 0 aliphatic carbocycles. The van der Waals surface area contributed by atoms with Crippen molar-refractivity contribution >= 4 is 29.5 Å². The van der Waals surface area contributed by atoms with Crippen molar-refractivity contribution in [3.8, 4) is 0 Å². The van der Waals surface area contributed by atoms with Gasteiger partial charge in [0.2, 0.25) is 0 Å². The molecule has 0 bridgehead atoms. The maximum absolute atomic E-state index is 13.0. The topological polar surface area (TPSA) is 58.2 Å². The van der Waals surface area contributed by atoms with Crippen LogP contribution in [0.1, 0.15) is 15.9 Å². The number of nitrogens with one attached hydrogen (secondary N) is 2. The van der Waals surface area contributed by atoms with E-state index in [1.54, 1.807) is 30.3 Å². The fourth-order valence-electron chi connectivity index (χ4n) is 1.61. The highest BCUT2D eigenvalue weighted by atomic mass is 35.5. The van der Waals surface area contributed by atoms with E-state index in [2.05, 4.69) is 10.9 Å². The summed E-state index contributed by atoms with van der Waals surface area (Å²) in [7, 11) is 0. The third kappa shape index (κ3) is 4.43. The summed E-state index contributed by atoms with van der Waals surface area (Å²) in [5.74, 6) is -1.48. The zero-order valence-electron chi connectivity index (χ0n) is 11.3. The summed E-state index contributed by atoms with van der Waals surface area (Å²) in [5.41, 5.74) is 5.52. The number of amides is 2. The first kappa shape index (κ1) is 15.7. The Morgan fingerprint density at radius 2 is 1.77 bits per heavy atom.